The molecule has 4 aromatic rings. The molecule has 6 heteroatoms. The molecule has 0 radical (unpaired) electrons. The zero-order chi connectivity index (χ0) is 29.6. The molecule has 6 nitrogen and oxygen atoms in total. The van der Waals surface area contributed by atoms with Crippen LogP contribution >= 0.6 is 0 Å². The van der Waals surface area contributed by atoms with E-state index in [1.807, 2.05) is 48.5 Å². The Morgan fingerprint density at radius 3 is 2.40 bits per heavy atom. The Morgan fingerprint density at radius 2 is 1.67 bits per heavy atom. The summed E-state index contributed by atoms with van der Waals surface area (Å²) in [6.45, 7) is 5.42. The Bertz CT molecular complexity index is 1550. The summed E-state index contributed by atoms with van der Waals surface area (Å²) >= 11 is 0. The zero-order valence-electron chi connectivity index (χ0n) is 25.3. The molecule has 1 aliphatic heterocycles. The maximum atomic E-state index is 13.5. The quantitative estimate of drug-likeness (QED) is 0.175. The Kier molecular flexibility index (Phi) is 9.23. The third-order valence-electron chi connectivity index (χ3n) is 9.25. The number of amides is 1. The second-order valence-corrected chi connectivity index (χ2v) is 12.3. The number of aromatic hydroxyl groups is 1. The summed E-state index contributed by atoms with van der Waals surface area (Å²) in [7, 11) is 0. The van der Waals surface area contributed by atoms with Crippen LogP contribution in [0.25, 0.3) is 10.9 Å². The van der Waals surface area contributed by atoms with Crippen molar-refractivity contribution in [1.29, 1.82) is 0 Å². The average molecular weight is 577 g/mol. The first-order chi connectivity index (χ1) is 21.1. The summed E-state index contributed by atoms with van der Waals surface area (Å²) in [5.74, 6) is 0.255. The van der Waals surface area contributed by atoms with Gasteiger partial charge in [-0.3, -0.25) is 14.7 Å². The molecule has 3 aromatic carbocycles. The molecule has 0 unspecified atom stereocenters. The van der Waals surface area contributed by atoms with Crippen molar-refractivity contribution in [2.24, 2.45) is 10.9 Å². The van der Waals surface area contributed by atoms with Crippen molar-refractivity contribution in [3.8, 4) is 5.88 Å². The van der Waals surface area contributed by atoms with Gasteiger partial charge in [-0.2, -0.15) is 0 Å². The maximum Gasteiger partial charge on any atom is 0.251 e. The number of aromatic nitrogens is 1. The van der Waals surface area contributed by atoms with E-state index in [1.54, 1.807) is 0 Å². The molecule has 1 saturated carbocycles. The van der Waals surface area contributed by atoms with Crippen molar-refractivity contribution >= 4 is 28.2 Å². The van der Waals surface area contributed by atoms with Gasteiger partial charge in [0.1, 0.15) is 0 Å². The second kappa shape index (κ2) is 13.6. The summed E-state index contributed by atoms with van der Waals surface area (Å²) in [4.78, 5) is 24.4. The number of hydrogen-bond donors (Lipinski definition) is 3. The van der Waals surface area contributed by atoms with Crippen LogP contribution in [0.3, 0.4) is 0 Å². The number of carbonyl (C=O) groups excluding carboxylic acids is 1. The van der Waals surface area contributed by atoms with Crippen molar-refractivity contribution < 1.29 is 9.90 Å². The second-order valence-electron chi connectivity index (χ2n) is 12.3. The zero-order valence-corrected chi connectivity index (χ0v) is 25.3. The van der Waals surface area contributed by atoms with E-state index in [4.69, 9.17) is 4.99 Å². The number of H-pyrrole nitrogens is 1. The highest BCUT2D eigenvalue weighted by molar-refractivity contribution is 6.15. The first-order valence-corrected chi connectivity index (χ1v) is 16.2. The van der Waals surface area contributed by atoms with Gasteiger partial charge in [0, 0.05) is 28.9 Å². The van der Waals surface area contributed by atoms with E-state index < -0.39 is 0 Å². The Morgan fingerprint density at radius 1 is 0.953 bits per heavy atom. The SMILES string of the molecule is CC[C@@H](NC(=O)c1ccc2[nH]c(O)c(C(=Nc3ccc(CN4CCCCC4)cc3)C3CCCCC3)c2c1)c1ccccc1. The van der Waals surface area contributed by atoms with Crippen LogP contribution in [0.4, 0.5) is 5.69 Å². The molecule has 0 spiro atoms. The molecule has 0 bridgehead atoms. The molecular weight excluding hydrogens is 532 g/mol. The molecule has 1 atom stereocenters. The van der Waals surface area contributed by atoms with Gasteiger partial charge in [0.05, 0.1) is 23.0 Å². The molecule has 1 saturated heterocycles. The van der Waals surface area contributed by atoms with E-state index in [0.29, 0.717) is 5.56 Å². The fourth-order valence-corrected chi connectivity index (χ4v) is 6.84. The number of nitrogens with zero attached hydrogens (tertiary/aromatic N) is 2. The summed E-state index contributed by atoms with van der Waals surface area (Å²) in [6.07, 6.45) is 10.4. The normalized spacial score (nSPS) is 17.7. The minimum absolute atomic E-state index is 0.0688. The lowest BCUT2D eigenvalue weighted by molar-refractivity contribution is 0.0935. The van der Waals surface area contributed by atoms with Gasteiger partial charge in [0.25, 0.3) is 5.91 Å². The highest BCUT2D eigenvalue weighted by Crippen LogP contribution is 2.37. The molecule has 2 fully saturated rings. The van der Waals surface area contributed by atoms with Crippen molar-refractivity contribution in [3.05, 3.63) is 95.1 Å². The molecule has 1 amide bonds. The van der Waals surface area contributed by atoms with E-state index in [9.17, 15) is 9.90 Å². The third-order valence-corrected chi connectivity index (χ3v) is 9.25. The van der Waals surface area contributed by atoms with E-state index in [2.05, 4.69) is 46.4 Å². The summed E-state index contributed by atoms with van der Waals surface area (Å²) < 4.78 is 0. The predicted molar refractivity (Wildman–Crippen MR) is 175 cm³/mol. The van der Waals surface area contributed by atoms with Gasteiger partial charge >= 0.3 is 0 Å². The monoisotopic (exact) mass is 576 g/mol. The molecular formula is C37H44N4O2. The lowest BCUT2D eigenvalue weighted by Gasteiger charge is -2.26. The predicted octanol–water partition coefficient (Wildman–Crippen LogP) is 8.44. The summed E-state index contributed by atoms with van der Waals surface area (Å²) in [6, 6.07) is 24.3. The van der Waals surface area contributed by atoms with E-state index >= 15 is 0 Å². The Labute approximate surface area is 255 Å². The van der Waals surface area contributed by atoms with Crippen LogP contribution in [-0.4, -0.2) is 39.7 Å². The highest BCUT2D eigenvalue weighted by Gasteiger charge is 2.27. The topological polar surface area (TPSA) is 80.7 Å². The number of benzene rings is 3. The molecule has 2 heterocycles. The van der Waals surface area contributed by atoms with Gasteiger partial charge in [0.15, 0.2) is 5.88 Å². The third kappa shape index (κ3) is 6.86. The van der Waals surface area contributed by atoms with Crippen molar-refractivity contribution in [1.82, 2.24) is 15.2 Å². The van der Waals surface area contributed by atoms with E-state index in [1.165, 1.54) is 44.3 Å². The molecule has 6 rings (SSSR count). The number of aromatic amines is 1. The van der Waals surface area contributed by atoms with Crippen LogP contribution in [0.2, 0.25) is 0 Å². The van der Waals surface area contributed by atoms with E-state index in [-0.39, 0.29) is 23.7 Å². The van der Waals surface area contributed by atoms with Gasteiger partial charge in [-0.1, -0.05) is 75.1 Å². The minimum atomic E-state index is -0.121. The molecule has 224 valence electrons. The van der Waals surface area contributed by atoms with Gasteiger partial charge in [-0.15, -0.1) is 0 Å². The van der Waals surface area contributed by atoms with Gasteiger partial charge in [-0.05, 0) is 86.7 Å². The summed E-state index contributed by atoms with van der Waals surface area (Å²) in [5, 5.41) is 15.3. The average Bonchev–Trinajstić information content (AvgIpc) is 3.39. The van der Waals surface area contributed by atoms with Crippen LogP contribution in [0.5, 0.6) is 5.88 Å². The molecule has 1 aromatic heterocycles. The maximum absolute atomic E-state index is 13.5. The van der Waals surface area contributed by atoms with Crippen LogP contribution in [-0.2, 0) is 6.54 Å². The lowest BCUT2D eigenvalue weighted by atomic mass is 9.82. The number of likely N-dealkylation sites (tertiary alicyclic amines) is 1. The van der Waals surface area contributed by atoms with Crippen LogP contribution in [0, 0.1) is 5.92 Å². The smallest absolute Gasteiger partial charge is 0.251 e. The van der Waals surface area contributed by atoms with Crippen molar-refractivity contribution in [3.63, 3.8) is 0 Å². The molecule has 2 aliphatic rings. The number of nitrogens with one attached hydrogen (secondary N) is 2. The van der Waals surface area contributed by atoms with Crippen molar-refractivity contribution in [2.75, 3.05) is 13.1 Å². The molecule has 1 aliphatic carbocycles. The lowest BCUT2D eigenvalue weighted by Crippen LogP contribution is -2.28. The standard InChI is InChI=1S/C37H44N4O2/c1-2-32(27-12-6-3-7-13-27)39-36(42)29-18-21-33-31(24-29)34(37(43)40-33)35(28-14-8-4-9-15-28)38-30-19-16-26(17-20-30)25-41-22-10-5-11-23-41/h3,6-7,12-13,16-21,24,28,32,40,43H,2,4-5,8-11,14-15,22-23,25H2,1H3,(H,39,42)/t32-/m1/s1. The number of piperidine rings is 1. The number of rotatable bonds is 9. The Hall–Kier alpha value is -3.90. The van der Waals surface area contributed by atoms with Gasteiger partial charge in [0.2, 0.25) is 0 Å². The number of hydrogen-bond acceptors (Lipinski definition) is 4. The first kappa shape index (κ1) is 29.2. The number of fused-ring (bicyclic) bond motifs is 1. The van der Waals surface area contributed by atoms with Crippen LogP contribution in [0.15, 0.2) is 77.8 Å². The fraction of sp³-hybridized carbons (Fsp3) is 0.405. The number of carbonyl (C=O) groups is 1. The first-order valence-electron chi connectivity index (χ1n) is 16.2. The highest BCUT2D eigenvalue weighted by atomic mass is 16.3. The summed E-state index contributed by atoms with van der Waals surface area (Å²) in [5.41, 5.74) is 6.33. The van der Waals surface area contributed by atoms with Gasteiger partial charge < -0.3 is 15.4 Å². The van der Waals surface area contributed by atoms with Crippen LogP contribution < -0.4 is 5.32 Å². The minimum Gasteiger partial charge on any atom is -0.494 e. The largest absolute Gasteiger partial charge is 0.494 e. The van der Waals surface area contributed by atoms with E-state index in [0.717, 1.165) is 72.1 Å². The van der Waals surface area contributed by atoms with Crippen molar-refractivity contribution in [2.45, 2.75) is 77.3 Å². The van der Waals surface area contributed by atoms with Crippen LogP contribution in [0.1, 0.15) is 97.8 Å². The number of aliphatic imine (C=N–C) groups is 1. The molecule has 43 heavy (non-hydrogen) atoms. The molecule has 3 N–H and O–H groups in total. The van der Waals surface area contributed by atoms with Gasteiger partial charge in [-0.25, -0.2) is 0 Å². The Balaban J connectivity index is 1.31. The fourth-order valence-electron chi connectivity index (χ4n) is 6.84.